The second-order valence-electron chi connectivity index (χ2n) is 6.37. The number of nitro benzene ring substituents is 1. The molecule has 0 saturated heterocycles. The van der Waals surface area contributed by atoms with Crippen LogP contribution in [0.25, 0.3) is 5.69 Å². The Balaban J connectivity index is 1.83. The number of carbonyl (C=O) groups excluding carboxylic acids is 1. The molecule has 28 heavy (non-hydrogen) atoms. The van der Waals surface area contributed by atoms with Gasteiger partial charge in [-0.15, -0.1) is 0 Å². The summed E-state index contributed by atoms with van der Waals surface area (Å²) < 4.78 is 1.55. The number of amides is 1. The molecule has 3 rings (SSSR count). The monoisotopic (exact) mass is 379 g/mol. The predicted molar refractivity (Wildman–Crippen MR) is 108 cm³/mol. The Morgan fingerprint density at radius 3 is 2.39 bits per heavy atom. The molecule has 8 nitrogen and oxygen atoms in total. The van der Waals surface area contributed by atoms with Gasteiger partial charge in [-0.3, -0.25) is 14.9 Å². The van der Waals surface area contributed by atoms with E-state index in [1.54, 1.807) is 35.0 Å². The van der Waals surface area contributed by atoms with Gasteiger partial charge in [0.15, 0.2) is 0 Å². The second-order valence-corrected chi connectivity index (χ2v) is 6.37. The molecule has 0 aliphatic heterocycles. The lowest BCUT2D eigenvalue weighted by atomic mass is 10.2. The van der Waals surface area contributed by atoms with Crippen molar-refractivity contribution in [1.82, 2.24) is 9.78 Å². The molecule has 0 unspecified atom stereocenters. The van der Waals surface area contributed by atoms with E-state index in [0.717, 1.165) is 12.2 Å². The fourth-order valence-corrected chi connectivity index (χ4v) is 2.74. The fraction of sp³-hybridized carbons (Fsp3) is 0.200. The van der Waals surface area contributed by atoms with E-state index >= 15 is 0 Å². The molecule has 1 amide bonds. The van der Waals surface area contributed by atoms with Gasteiger partial charge in [-0.2, -0.15) is 5.10 Å². The average molecular weight is 379 g/mol. The molecule has 1 heterocycles. The molecule has 0 saturated carbocycles. The maximum Gasteiger partial charge on any atom is 0.269 e. The van der Waals surface area contributed by atoms with Crippen molar-refractivity contribution >= 4 is 23.1 Å². The van der Waals surface area contributed by atoms with Gasteiger partial charge < -0.3 is 10.2 Å². The van der Waals surface area contributed by atoms with Crippen molar-refractivity contribution in [3.05, 3.63) is 76.0 Å². The minimum absolute atomic E-state index is 0.00430. The van der Waals surface area contributed by atoms with Crippen LogP contribution in [0.1, 0.15) is 23.0 Å². The minimum atomic E-state index is -0.458. The summed E-state index contributed by atoms with van der Waals surface area (Å²) >= 11 is 0. The Bertz CT molecular complexity index is 994. The lowest BCUT2D eigenvalue weighted by molar-refractivity contribution is -0.384. The van der Waals surface area contributed by atoms with Gasteiger partial charge in [0, 0.05) is 43.0 Å². The van der Waals surface area contributed by atoms with E-state index in [9.17, 15) is 14.9 Å². The number of nitro groups is 1. The number of benzene rings is 2. The van der Waals surface area contributed by atoms with Crippen molar-refractivity contribution in [2.24, 2.45) is 0 Å². The Kier molecular flexibility index (Phi) is 5.39. The van der Waals surface area contributed by atoms with Crippen LogP contribution < -0.4 is 10.2 Å². The topological polar surface area (TPSA) is 93.3 Å². The van der Waals surface area contributed by atoms with Gasteiger partial charge in [-0.1, -0.05) is 0 Å². The van der Waals surface area contributed by atoms with Gasteiger partial charge in [-0.25, -0.2) is 4.68 Å². The molecule has 3 aromatic rings. The molecule has 2 aromatic carbocycles. The highest BCUT2D eigenvalue weighted by Crippen LogP contribution is 2.21. The van der Waals surface area contributed by atoms with Gasteiger partial charge in [0.25, 0.3) is 11.6 Å². The summed E-state index contributed by atoms with van der Waals surface area (Å²) in [5, 5.41) is 18.1. The van der Waals surface area contributed by atoms with Crippen LogP contribution in [-0.2, 0) is 0 Å². The van der Waals surface area contributed by atoms with E-state index in [2.05, 4.69) is 22.2 Å². The Labute approximate surface area is 162 Å². The van der Waals surface area contributed by atoms with Gasteiger partial charge in [0.05, 0.1) is 16.3 Å². The summed E-state index contributed by atoms with van der Waals surface area (Å²) in [4.78, 5) is 25.1. The van der Waals surface area contributed by atoms with Crippen LogP contribution in [0.5, 0.6) is 0 Å². The molecule has 0 spiro atoms. The summed E-state index contributed by atoms with van der Waals surface area (Å²) in [6.07, 6.45) is 0. The normalized spacial score (nSPS) is 10.5. The molecule has 1 N–H and O–H groups in total. The maximum absolute atomic E-state index is 12.6. The molecular weight excluding hydrogens is 358 g/mol. The third-order valence-corrected chi connectivity index (χ3v) is 4.42. The molecule has 144 valence electrons. The molecule has 0 fully saturated rings. The quantitative estimate of drug-likeness (QED) is 0.519. The third-order valence-electron chi connectivity index (χ3n) is 4.42. The van der Waals surface area contributed by atoms with Crippen molar-refractivity contribution in [3.63, 3.8) is 0 Å². The number of nitrogens with one attached hydrogen (secondary N) is 1. The van der Waals surface area contributed by atoms with E-state index in [1.807, 2.05) is 26.1 Å². The summed E-state index contributed by atoms with van der Waals surface area (Å²) in [6, 6.07) is 15.1. The number of aryl methyl sites for hydroxylation is 1. The SMILES string of the molecule is CCN(C)c1ccc(C(=O)Nc2cc(C)nn2-c2ccc([N+](=O)[O-])cc2)cc1. The number of aromatic nitrogens is 2. The number of hydrogen-bond acceptors (Lipinski definition) is 5. The number of nitrogens with zero attached hydrogens (tertiary/aromatic N) is 4. The van der Waals surface area contributed by atoms with Crippen molar-refractivity contribution in [2.75, 3.05) is 23.8 Å². The Morgan fingerprint density at radius 2 is 1.82 bits per heavy atom. The van der Waals surface area contributed by atoms with Gasteiger partial charge in [0.1, 0.15) is 5.82 Å². The first-order chi connectivity index (χ1) is 13.4. The van der Waals surface area contributed by atoms with E-state index in [4.69, 9.17) is 0 Å². The fourth-order valence-electron chi connectivity index (χ4n) is 2.74. The predicted octanol–water partition coefficient (Wildman–Crippen LogP) is 3.80. The zero-order valence-electron chi connectivity index (χ0n) is 15.9. The zero-order chi connectivity index (χ0) is 20.3. The van der Waals surface area contributed by atoms with Crippen LogP contribution in [0, 0.1) is 17.0 Å². The van der Waals surface area contributed by atoms with Crippen LogP contribution in [0.15, 0.2) is 54.6 Å². The van der Waals surface area contributed by atoms with Crippen LogP contribution in [-0.4, -0.2) is 34.2 Å². The average Bonchev–Trinajstić information content (AvgIpc) is 3.07. The molecule has 0 bridgehead atoms. The summed E-state index contributed by atoms with van der Waals surface area (Å²) in [5.41, 5.74) is 2.89. The smallest absolute Gasteiger partial charge is 0.269 e. The standard InChI is InChI=1S/C20H21N5O3/c1-4-23(3)16-7-5-15(6-8-16)20(26)21-19-13-14(2)22-24(19)17-9-11-18(12-10-17)25(27)28/h5-13H,4H2,1-3H3,(H,21,26). The second kappa shape index (κ2) is 7.91. The molecule has 8 heteroatoms. The first-order valence-corrected chi connectivity index (χ1v) is 8.83. The summed E-state index contributed by atoms with van der Waals surface area (Å²) in [5.74, 6) is 0.236. The van der Waals surface area contributed by atoms with Gasteiger partial charge in [0.2, 0.25) is 0 Å². The lowest BCUT2D eigenvalue weighted by Gasteiger charge is -2.16. The van der Waals surface area contributed by atoms with E-state index in [0.29, 0.717) is 22.8 Å². The lowest BCUT2D eigenvalue weighted by Crippen LogP contribution is -2.17. The van der Waals surface area contributed by atoms with E-state index < -0.39 is 4.92 Å². The van der Waals surface area contributed by atoms with Crippen LogP contribution in [0.3, 0.4) is 0 Å². The van der Waals surface area contributed by atoms with Crippen molar-refractivity contribution in [1.29, 1.82) is 0 Å². The van der Waals surface area contributed by atoms with Crippen molar-refractivity contribution in [3.8, 4) is 5.69 Å². The third kappa shape index (κ3) is 4.01. The number of hydrogen-bond donors (Lipinski definition) is 1. The highest BCUT2D eigenvalue weighted by molar-refractivity contribution is 6.04. The van der Waals surface area contributed by atoms with Crippen LogP contribution >= 0.6 is 0 Å². The van der Waals surface area contributed by atoms with Gasteiger partial charge >= 0.3 is 0 Å². The first-order valence-electron chi connectivity index (χ1n) is 8.83. The molecular formula is C20H21N5O3. The maximum atomic E-state index is 12.6. The van der Waals surface area contributed by atoms with Crippen molar-refractivity contribution < 1.29 is 9.72 Å². The van der Waals surface area contributed by atoms with E-state index in [1.165, 1.54) is 12.1 Å². The number of carbonyl (C=O) groups is 1. The highest BCUT2D eigenvalue weighted by atomic mass is 16.6. The highest BCUT2D eigenvalue weighted by Gasteiger charge is 2.14. The summed E-state index contributed by atoms with van der Waals surface area (Å²) in [6.45, 7) is 4.74. The van der Waals surface area contributed by atoms with Crippen LogP contribution in [0.2, 0.25) is 0 Å². The Hall–Kier alpha value is -3.68. The minimum Gasteiger partial charge on any atom is -0.375 e. The molecule has 0 radical (unpaired) electrons. The Morgan fingerprint density at radius 1 is 1.18 bits per heavy atom. The van der Waals surface area contributed by atoms with E-state index in [-0.39, 0.29) is 11.6 Å². The van der Waals surface area contributed by atoms with Gasteiger partial charge in [-0.05, 0) is 50.2 Å². The van der Waals surface area contributed by atoms with Crippen LogP contribution in [0.4, 0.5) is 17.2 Å². The summed E-state index contributed by atoms with van der Waals surface area (Å²) in [7, 11) is 1.99. The first kappa shape index (κ1) is 19.1. The number of rotatable bonds is 6. The zero-order valence-corrected chi connectivity index (χ0v) is 15.9. The largest absolute Gasteiger partial charge is 0.375 e. The molecule has 1 aromatic heterocycles. The molecule has 0 atom stereocenters. The number of anilines is 2. The van der Waals surface area contributed by atoms with Crippen molar-refractivity contribution in [2.45, 2.75) is 13.8 Å². The molecule has 0 aliphatic carbocycles. The number of non-ortho nitro benzene ring substituents is 1. The molecule has 0 aliphatic rings.